The SMILES string of the molecule is CC(CC(Cc1ccccc1)C(C)(C)C)C(=O)O. The van der Waals surface area contributed by atoms with Crippen LogP contribution in [-0.2, 0) is 11.2 Å². The van der Waals surface area contributed by atoms with E-state index < -0.39 is 5.97 Å². The average molecular weight is 248 g/mol. The average Bonchev–Trinajstić information content (AvgIpc) is 2.28. The molecular formula is C16H24O2. The zero-order valence-corrected chi connectivity index (χ0v) is 11.8. The van der Waals surface area contributed by atoms with E-state index in [1.807, 2.05) is 18.2 Å². The Labute approximate surface area is 110 Å². The number of rotatable bonds is 5. The molecule has 2 unspecified atom stereocenters. The molecule has 0 saturated heterocycles. The van der Waals surface area contributed by atoms with Crippen LogP contribution in [0.15, 0.2) is 30.3 Å². The lowest BCUT2D eigenvalue weighted by Gasteiger charge is -2.32. The fourth-order valence-electron chi connectivity index (χ4n) is 2.17. The van der Waals surface area contributed by atoms with Crippen LogP contribution in [0.4, 0.5) is 0 Å². The van der Waals surface area contributed by atoms with Gasteiger partial charge in [0.05, 0.1) is 5.92 Å². The quantitative estimate of drug-likeness (QED) is 0.855. The highest BCUT2D eigenvalue weighted by atomic mass is 16.4. The van der Waals surface area contributed by atoms with Crippen molar-refractivity contribution in [1.29, 1.82) is 0 Å². The summed E-state index contributed by atoms with van der Waals surface area (Å²) >= 11 is 0. The van der Waals surface area contributed by atoms with Gasteiger partial charge in [0.25, 0.3) is 0 Å². The topological polar surface area (TPSA) is 37.3 Å². The maximum atomic E-state index is 11.0. The van der Waals surface area contributed by atoms with Gasteiger partial charge in [-0.1, -0.05) is 58.0 Å². The van der Waals surface area contributed by atoms with Gasteiger partial charge in [-0.15, -0.1) is 0 Å². The van der Waals surface area contributed by atoms with E-state index >= 15 is 0 Å². The third kappa shape index (κ3) is 4.52. The molecule has 0 aliphatic carbocycles. The summed E-state index contributed by atoms with van der Waals surface area (Å²) in [7, 11) is 0. The number of carboxylic acid groups (broad SMARTS) is 1. The van der Waals surface area contributed by atoms with Crippen molar-refractivity contribution < 1.29 is 9.90 Å². The second kappa shape index (κ2) is 6.03. The third-order valence-corrected chi connectivity index (χ3v) is 3.61. The zero-order chi connectivity index (χ0) is 13.8. The largest absolute Gasteiger partial charge is 0.481 e. The molecule has 0 aromatic heterocycles. The highest BCUT2D eigenvalue weighted by molar-refractivity contribution is 5.69. The molecule has 2 heteroatoms. The Morgan fingerprint density at radius 1 is 1.22 bits per heavy atom. The minimum absolute atomic E-state index is 0.125. The third-order valence-electron chi connectivity index (χ3n) is 3.61. The van der Waals surface area contributed by atoms with Gasteiger partial charge >= 0.3 is 5.97 Å². The van der Waals surface area contributed by atoms with Gasteiger partial charge in [-0.3, -0.25) is 4.79 Å². The first-order valence-corrected chi connectivity index (χ1v) is 6.57. The van der Waals surface area contributed by atoms with Gasteiger partial charge in [0.1, 0.15) is 0 Å². The molecule has 2 nitrogen and oxygen atoms in total. The number of hydrogen-bond donors (Lipinski definition) is 1. The molecule has 0 aliphatic rings. The molecule has 1 rings (SSSR count). The Hall–Kier alpha value is -1.31. The molecule has 100 valence electrons. The van der Waals surface area contributed by atoms with Crippen LogP contribution in [0.3, 0.4) is 0 Å². The fourth-order valence-corrected chi connectivity index (χ4v) is 2.17. The highest BCUT2D eigenvalue weighted by Crippen LogP contribution is 2.34. The van der Waals surface area contributed by atoms with E-state index in [9.17, 15) is 4.79 Å². The number of carbonyl (C=O) groups is 1. The summed E-state index contributed by atoms with van der Waals surface area (Å²) in [6.45, 7) is 8.37. The lowest BCUT2D eigenvalue weighted by atomic mass is 9.73. The van der Waals surface area contributed by atoms with Crippen LogP contribution in [0.5, 0.6) is 0 Å². The molecule has 0 heterocycles. The van der Waals surface area contributed by atoms with Gasteiger partial charge < -0.3 is 5.11 Å². The number of aliphatic carboxylic acids is 1. The van der Waals surface area contributed by atoms with E-state index in [0.29, 0.717) is 5.92 Å². The number of benzene rings is 1. The van der Waals surface area contributed by atoms with Crippen molar-refractivity contribution in [3.8, 4) is 0 Å². The standard InChI is InChI=1S/C16H24O2/c1-12(15(17)18)10-14(16(2,3)4)11-13-8-6-5-7-9-13/h5-9,12,14H,10-11H2,1-4H3,(H,17,18). The first-order valence-electron chi connectivity index (χ1n) is 6.57. The minimum Gasteiger partial charge on any atom is -0.481 e. The van der Waals surface area contributed by atoms with Crippen molar-refractivity contribution >= 4 is 5.97 Å². The summed E-state index contributed by atoms with van der Waals surface area (Å²) in [5, 5.41) is 9.06. The van der Waals surface area contributed by atoms with Crippen LogP contribution < -0.4 is 0 Å². The Morgan fingerprint density at radius 2 is 1.78 bits per heavy atom. The van der Waals surface area contributed by atoms with Crippen molar-refractivity contribution in [3.05, 3.63) is 35.9 Å². The Balaban J connectivity index is 2.77. The first kappa shape index (κ1) is 14.7. The molecule has 0 fully saturated rings. The number of carboxylic acids is 1. The molecule has 0 spiro atoms. The Kier molecular flexibility index (Phi) is 4.94. The summed E-state index contributed by atoms with van der Waals surface area (Å²) < 4.78 is 0. The summed E-state index contributed by atoms with van der Waals surface area (Å²) in [5.41, 5.74) is 1.41. The molecule has 18 heavy (non-hydrogen) atoms. The van der Waals surface area contributed by atoms with E-state index in [1.54, 1.807) is 6.92 Å². The molecule has 1 N–H and O–H groups in total. The lowest BCUT2D eigenvalue weighted by molar-refractivity contribution is -0.142. The second-order valence-corrected chi connectivity index (χ2v) is 6.23. The predicted molar refractivity (Wildman–Crippen MR) is 74.5 cm³/mol. The van der Waals surface area contributed by atoms with Crippen LogP contribution in [0.2, 0.25) is 0 Å². The van der Waals surface area contributed by atoms with Crippen LogP contribution in [-0.4, -0.2) is 11.1 Å². The number of hydrogen-bond acceptors (Lipinski definition) is 1. The van der Waals surface area contributed by atoms with E-state index in [4.69, 9.17) is 5.11 Å². The summed E-state index contributed by atoms with van der Waals surface area (Å²) in [6.07, 6.45) is 1.68. The Bertz CT molecular complexity index is 376. The van der Waals surface area contributed by atoms with Gasteiger partial charge in [-0.2, -0.15) is 0 Å². The minimum atomic E-state index is -0.697. The molecule has 0 radical (unpaired) electrons. The van der Waals surface area contributed by atoms with Crippen LogP contribution in [0.25, 0.3) is 0 Å². The van der Waals surface area contributed by atoms with Gasteiger partial charge in [0.15, 0.2) is 0 Å². The van der Waals surface area contributed by atoms with Crippen molar-refractivity contribution in [2.75, 3.05) is 0 Å². The van der Waals surface area contributed by atoms with Crippen LogP contribution in [0, 0.1) is 17.3 Å². The summed E-state index contributed by atoms with van der Waals surface area (Å²) in [5.74, 6) is -0.596. The van der Waals surface area contributed by atoms with E-state index in [0.717, 1.165) is 12.8 Å². The predicted octanol–water partition coefficient (Wildman–Crippen LogP) is 4.00. The zero-order valence-electron chi connectivity index (χ0n) is 11.8. The Morgan fingerprint density at radius 3 is 2.22 bits per heavy atom. The van der Waals surface area contributed by atoms with Crippen LogP contribution >= 0.6 is 0 Å². The smallest absolute Gasteiger partial charge is 0.306 e. The molecular weight excluding hydrogens is 224 g/mol. The highest BCUT2D eigenvalue weighted by Gasteiger charge is 2.28. The molecule has 0 aliphatic heterocycles. The first-order chi connectivity index (χ1) is 8.30. The molecule has 2 atom stereocenters. The normalized spacial score (nSPS) is 15.1. The molecule has 1 aromatic rings. The molecule has 0 bridgehead atoms. The van der Waals surface area contributed by atoms with Crippen molar-refractivity contribution in [2.24, 2.45) is 17.3 Å². The molecule has 0 amide bonds. The second-order valence-electron chi connectivity index (χ2n) is 6.23. The summed E-state index contributed by atoms with van der Waals surface area (Å²) in [6, 6.07) is 10.3. The van der Waals surface area contributed by atoms with Crippen molar-refractivity contribution in [2.45, 2.75) is 40.5 Å². The van der Waals surface area contributed by atoms with E-state index in [-0.39, 0.29) is 11.3 Å². The van der Waals surface area contributed by atoms with Gasteiger partial charge in [-0.25, -0.2) is 0 Å². The maximum Gasteiger partial charge on any atom is 0.306 e. The van der Waals surface area contributed by atoms with E-state index in [1.165, 1.54) is 5.56 Å². The molecule has 1 aromatic carbocycles. The monoisotopic (exact) mass is 248 g/mol. The van der Waals surface area contributed by atoms with Crippen molar-refractivity contribution in [1.82, 2.24) is 0 Å². The summed E-state index contributed by atoms with van der Waals surface area (Å²) in [4.78, 5) is 11.0. The van der Waals surface area contributed by atoms with E-state index in [2.05, 4.69) is 32.9 Å². The fraction of sp³-hybridized carbons (Fsp3) is 0.562. The maximum absolute atomic E-state index is 11.0. The van der Waals surface area contributed by atoms with Crippen molar-refractivity contribution in [3.63, 3.8) is 0 Å². The van der Waals surface area contributed by atoms with Gasteiger partial charge in [-0.05, 0) is 29.7 Å². The van der Waals surface area contributed by atoms with Gasteiger partial charge in [0.2, 0.25) is 0 Å². The van der Waals surface area contributed by atoms with Crippen LogP contribution in [0.1, 0.15) is 39.7 Å². The van der Waals surface area contributed by atoms with Gasteiger partial charge in [0, 0.05) is 0 Å². The lowest BCUT2D eigenvalue weighted by Crippen LogP contribution is -2.27. The molecule has 0 saturated carbocycles.